The number of carbonyl (C=O) groups excluding carboxylic acids is 1. The van der Waals surface area contributed by atoms with Crippen molar-refractivity contribution >= 4 is 16.8 Å². The summed E-state index contributed by atoms with van der Waals surface area (Å²) < 4.78 is 1.27. The molecule has 0 aliphatic heterocycles. The van der Waals surface area contributed by atoms with Crippen molar-refractivity contribution in [2.24, 2.45) is 0 Å². The van der Waals surface area contributed by atoms with Gasteiger partial charge in [-0.2, -0.15) is 0 Å². The molecule has 24 heavy (non-hydrogen) atoms. The highest BCUT2D eigenvalue weighted by atomic mass is 16.2. The Bertz CT molecular complexity index is 946. The highest BCUT2D eigenvalue weighted by Gasteiger charge is 2.13. The molecule has 0 saturated heterocycles. The van der Waals surface area contributed by atoms with E-state index in [9.17, 15) is 9.59 Å². The van der Waals surface area contributed by atoms with E-state index in [4.69, 9.17) is 0 Å². The van der Waals surface area contributed by atoms with Crippen LogP contribution >= 0.6 is 0 Å². The molecule has 0 saturated carbocycles. The maximum Gasteiger partial charge on any atom is 0.280 e. The van der Waals surface area contributed by atoms with Gasteiger partial charge in [-0.15, -0.1) is 0 Å². The summed E-state index contributed by atoms with van der Waals surface area (Å²) in [6.07, 6.45) is 0.757. The second kappa shape index (κ2) is 6.66. The number of hydrogen-bond acceptors (Lipinski definition) is 3. The molecule has 1 aromatic heterocycles. The summed E-state index contributed by atoms with van der Waals surface area (Å²) in [5.74, 6) is 0.301. The van der Waals surface area contributed by atoms with Crippen molar-refractivity contribution in [3.63, 3.8) is 0 Å². The van der Waals surface area contributed by atoms with E-state index in [2.05, 4.69) is 10.4 Å². The van der Waals surface area contributed by atoms with Crippen molar-refractivity contribution in [1.82, 2.24) is 9.66 Å². The summed E-state index contributed by atoms with van der Waals surface area (Å²) in [5, 5.41) is 0.507. The van der Waals surface area contributed by atoms with Crippen LogP contribution in [-0.2, 0) is 17.6 Å². The first kappa shape index (κ1) is 15.9. The molecule has 0 fully saturated rings. The number of amides is 1. The number of benzene rings is 2. The summed E-state index contributed by atoms with van der Waals surface area (Å²) in [5.41, 5.74) is 4.97. The van der Waals surface area contributed by atoms with Crippen LogP contribution in [0.25, 0.3) is 10.9 Å². The molecule has 0 atom stereocenters. The molecule has 1 heterocycles. The van der Waals surface area contributed by atoms with E-state index in [1.807, 2.05) is 56.3 Å². The third kappa shape index (κ3) is 3.06. The van der Waals surface area contributed by atoms with Crippen LogP contribution in [-0.4, -0.2) is 15.6 Å². The molecular formula is C19H19N3O2. The topological polar surface area (TPSA) is 64.0 Å². The van der Waals surface area contributed by atoms with E-state index in [1.165, 1.54) is 4.68 Å². The average molecular weight is 321 g/mol. The van der Waals surface area contributed by atoms with Gasteiger partial charge in [0.25, 0.3) is 5.56 Å². The number of fused-ring (bicyclic) bond motifs is 1. The molecule has 122 valence electrons. The molecule has 5 nitrogen and oxygen atoms in total. The lowest BCUT2D eigenvalue weighted by Crippen LogP contribution is -2.37. The van der Waals surface area contributed by atoms with Gasteiger partial charge in [-0.05, 0) is 24.1 Å². The zero-order valence-electron chi connectivity index (χ0n) is 13.7. The first-order valence-electron chi connectivity index (χ1n) is 7.95. The van der Waals surface area contributed by atoms with Gasteiger partial charge < -0.3 is 0 Å². The van der Waals surface area contributed by atoms with Gasteiger partial charge in [-0.3, -0.25) is 15.0 Å². The normalized spacial score (nSPS) is 10.8. The lowest BCUT2D eigenvalue weighted by atomic mass is 10.1. The van der Waals surface area contributed by atoms with Crippen LogP contribution in [0, 0.1) is 6.92 Å². The number of aromatic nitrogens is 2. The Hall–Kier alpha value is -2.95. The fourth-order valence-corrected chi connectivity index (χ4v) is 2.69. The van der Waals surface area contributed by atoms with Gasteiger partial charge in [0.2, 0.25) is 5.91 Å². The fourth-order valence-electron chi connectivity index (χ4n) is 2.69. The standard InChI is InChI=1S/C19H19N3O2/c1-3-16-20-18-13(2)8-7-11-15(18)19(24)22(16)21-17(23)12-14-9-5-4-6-10-14/h4-11H,3,12H2,1-2H3,(H,21,23). The molecular weight excluding hydrogens is 302 g/mol. The molecule has 0 radical (unpaired) electrons. The van der Waals surface area contributed by atoms with Crippen LogP contribution in [0.15, 0.2) is 53.3 Å². The average Bonchev–Trinajstić information content (AvgIpc) is 2.58. The highest BCUT2D eigenvalue weighted by molar-refractivity contribution is 5.86. The molecule has 3 rings (SSSR count). The number of aryl methyl sites for hydroxylation is 2. The van der Waals surface area contributed by atoms with E-state index < -0.39 is 0 Å². The van der Waals surface area contributed by atoms with Gasteiger partial charge in [-0.1, -0.05) is 49.4 Å². The number of nitrogens with one attached hydrogen (secondary N) is 1. The largest absolute Gasteiger partial charge is 0.280 e. The van der Waals surface area contributed by atoms with Crippen LogP contribution in [0.2, 0.25) is 0 Å². The quantitative estimate of drug-likeness (QED) is 0.803. The minimum atomic E-state index is -0.248. The Labute approximate surface area is 139 Å². The van der Waals surface area contributed by atoms with Gasteiger partial charge in [0, 0.05) is 6.42 Å². The maximum atomic E-state index is 12.8. The smallest absolute Gasteiger partial charge is 0.273 e. The first-order chi connectivity index (χ1) is 11.6. The number of nitrogens with zero attached hydrogens (tertiary/aromatic N) is 2. The summed E-state index contributed by atoms with van der Waals surface area (Å²) >= 11 is 0. The third-order valence-corrected chi connectivity index (χ3v) is 3.93. The summed E-state index contributed by atoms with van der Waals surface area (Å²) in [6.45, 7) is 3.83. The number of hydrogen-bond donors (Lipinski definition) is 1. The van der Waals surface area contributed by atoms with E-state index in [0.717, 1.165) is 11.1 Å². The molecule has 1 N–H and O–H groups in total. The van der Waals surface area contributed by atoms with Gasteiger partial charge >= 0.3 is 0 Å². The van der Waals surface area contributed by atoms with Crippen LogP contribution in [0.1, 0.15) is 23.9 Å². The number of carbonyl (C=O) groups is 1. The Morgan fingerprint density at radius 3 is 2.58 bits per heavy atom. The Morgan fingerprint density at radius 1 is 1.12 bits per heavy atom. The molecule has 5 heteroatoms. The Balaban J connectivity index is 1.98. The summed E-state index contributed by atoms with van der Waals surface area (Å²) in [4.78, 5) is 29.6. The van der Waals surface area contributed by atoms with E-state index in [-0.39, 0.29) is 17.9 Å². The zero-order chi connectivity index (χ0) is 17.1. The highest BCUT2D eigenvalue weighted by Crippen LogP contribution is 2.13. The summed E-state index contributed by atoms with van der Waals surface area (Å²) in [7, 11) is 0. The summed E-state index contributed by atoms with van der Waals surface area (Å²) in [6, 6.07) is 14.9. The van der Waals surface area contributed by atoms with Crippen molar-refractivity contribution in [3.05, 3.63) is 75.8 Å². The molecule has 0 unspecified atom stereocenters. The van der Waals surface area contributed by atoms with Crippen molar-refractivity contribution in [2.45, 2.75) is 26.7 Å². The van der Waals surface area contributed by atoms with Crippen molar-refractivity contribution < 1.29 is 4.79 Å². The minimum Gasteiger partial charge on any atom is -0.273 e. The molecule has 1 amide bonds. The second-order valence-corrected chi connectivity index (χ2v) is 5.69. The van der Waals surface area contributed by atoms with Crippen molar-refractivity contribution in [1.29, 1.82) is 0 Å². The van der Waals surface area contributed by atoms with Gasteiger partial charge in [0.15, 0.2) is 0 Å². The predicted molar refractivity (Wildman–Crippen MR) is 94.6 cm³/mol. The molecule has 3 aromatic rings. The number of rotatable bonds is 4. The van der Waals surface area contributed by atoms with Gasteiger partial charge in [0.05, 0.1) is 17.3 Å². The minimum absolute atomic E-state index is 0.211. The lowest BCUT2D eigenvalue weighted by Gasteiger charge is -2.14. The lowest BCUT2D eigenvalue weighted by molar-refractivity contribution is -0.116. The van der Waals surface area contributed by atoms with Gasteiger partial charge in [-0.25, -0.2) is 9.66 Å². The molecule has 0 aliphatic rings. The Kier molecular flexibility index (Phi) is 4.42. The van der Waals surface area contributed by atoms with Crippen molar-refractivity contribution in [3.8, 4) is 0 Å². The van der Waals surface area contributed by atoms with Crippen LogP contribution in [0.3, 0.4) is 0 Å². The zero-order valence-corrected chi connectivity index (χ0v) is 13.7. The van der Waals surface area contributed by atoms with E-state index in [1.54, 1.807) is 6.07 Å². The van der Waals surface area contributed by atoms with Crippen molar-refractivity contribution in [2.75, 3.05) is 5.43 Å². The van der Waals surface area contributed by atoms with Crippen LogP contribution in [0.5, 0.6) is 0 Å². The molecule has 0 aliphatic carbocycles. The molecule has 0 spiro atoms. The predicted octanol–water partition coefficient (Wildman–Crippen LogP) is 2.58. The van der Waals surface area contributed by atoms with E-state index in [0.29, 0.717) is 23.1 Å². The van der Waals surface area contributed by atoms with Crippen LogP contribution in [0.4, 0.5) is 0 Å². The van der Waals surface area contributed by atoms with Gasteiger partial charge in [0.1, 0.15) is 5.82 Å². The Morgan fingerprint density at radius 2 is 1.88 bits per heavy atom. The fraction of sp³-hybridized carbons (Fsp3) is 0.211. The van der Waals surface area contributed by atoms with Crippen LogP contribution < -0.4 is 11.0 Å². The monoisotopic (exact) mass is 321 g/mol. The SMILES string of the molecule is CCc1nc2c(C)cccc2c(=O)n1NC(=O)Cc1ccccc1. The maximum absolute atomic E-state index is 12.8. The first-order valence-corrected chi connectivity index (χ1v) is 7.95. The second-order valence-electron chi connectivity index (χ2n) is 5.69. The number of para-hydroxylation sites is 1. The molecule has 2 aromatic carbocycles. The van der Waals surface area contributed by atoms with E-state index >= 15 is 0 Å². The third-order valence-electron chi connectivity index (χ3n) is 3.93. The molecule has 0 bridgehead atoms.